The van der Waals surface area contributed by atoms with E-state index in [1.807, 2.05) is 18.2 Å². The number of amides is 10. The first-order valence-corrected chi connectivity index (χ1v) is 25.1. The molecule has 6 rings (SSSR count). The quantitative estimate of drug-likeness (QED) is 0.0242. The maximum Gasteiger partial charge on any atom is 0.325 e. The molecule has 0 aliphatic carbocycles. The number of guanidine groups is 1. The van der Waals surface area contributed by atoms with Crippen LogP contribution in [0.3, 0.4) is 0 Å². The van der Waals surface area contributed by atoms with Gasteiger partial charge in [-0.25, -0.2) is 14.7 Å². The van der Waals surface area contributed by atoms with Gasteiger partial charge in [0.05, 0.1) is 6.33 Å². The van der Waals surface area contributed by atoms with Crippen LogP contribution in [-0.2, 0) is 57.6 Å². The minimum absolute atomic E-state index is 0.0493. The normalized spacial score (nSPS) is 24.7. The van der Waals surface area contributed by atoms with Crippen molar-refractivity contribution in [1.82, 2.24) is 57.1 Å². The molecule has 0 saturated carbocycles. The summed E-state index contributed by atoms with van der Waals surface area (Å²) in [5.41, 5.74) is 19.4. The first-order chi connectivity index (χ1) is 34.0. The van der Waals surface area contributed by atoms with Crippen molar-refractivity contribution in [3.05, 3.63) is 90.1 Å². The van der Waals surface area contributed by atoms with Crippen molar-refractivity contribution >= 4 is 91.7 Å². The number of imidazole rings is 1. The minimum Gasteiger partial charge on any atom is -0.370 e. The van der Waals surface area contributed by atoms with Crippen LogP contribution >= 0.6 is 21.6 Å². The summed E-state index contributed by atoms with van der Waals surface area (Å²) in [6.45, 7) is 2.84. The van der Waals surface area contributed by atoms with Gasteiger partial charge in [0, 0.05) is 66.3 Å². The highest BCUT2D eigenvalue weighted by molar-refractivity contribution is 8.76. The van der Waals surface area contributed by atoms with Crippen LogP contribution in [0.1, 0.15) is 43.5 Å². The lowest BCUT2D eigenvalue weighted by atomic mass is 10.0. The van der Waals surface area contributed by atoms with Crippen LogP contribution in [0, 0.1) is 0 Å². The Bertz CT molecular complexity index is 2610. The summed E-state index contributed by atoms with van der Waals surface area (Å²) in [5.74, 6) is -7.24. The van der Waals surface area contributed by atoms with Crippen molar-refractivity contribution in [3.8, 4) is 0 Å². The summed E-state index contributed by atoms with van der Waals surface area (Å²) in [4.78, 5) is 140. The zero-order chi connectivity index (χ0) is 51.2. The summed E-state index contributed by atoms with van der Waals surface area (Å²) in [7, 11) is 1.98. The van der Waals surface area contributed by atoms with E-state index in [0.29, 0.717) is 16.8 Å². The number of nitrogens with zero attached hydrogens (tertiary/aromatic N) is 3. The number of fused-ring (bicyclic) bond motifs is 1. The average molecular weight is 1020 g/mol. The van der Waals surface area contributed by atoms with Crippen LogP contribution in [0.4, 0.5) is 4.79 Å². The Balaban J connectivity index is 1.39. The number of imide groups is 1. The number of para-hydroxylation sites is 1. The maximum absolute atomic E-state index is 14.6. The molecule has 0 unspecified atom stereocenters. The Morgan fingerprint density at radius 1 is 0.676 bits per heavy atom. The molecule has 2 saturated heterocycles. The Hall–Kier alpha value is -7.61. The summed E-state index contributed by atoms with van der Waals surface area (Å²) < 4.78 is 0. The standard InChI is InChI=1S/C45H57N15O9S2/c1-23-37(62)56-33(17-27-19-49-22-52-27)41(66)57-31(15-25-9-4-3-5-10-25)39(64)55-30(13-8-14-50-44(47)48)38(63)58-32(16-26-18-51-29-12-7-6-11-28(26)29)40(65)59-34(36(46)61)20-70-71-21-35(42(67)53-23)60-43(68)24(2)54-45(60)69/h3-7,9-12,18-19,22-24,30-35,51H,8,13-17,20-21H2,1-2H3,(H2,46,61)(H,49,52)(H,53,67)(H,54,69)(H,55,64)(H,56,62)(H,57,66)(H,58,63)(H,59,65)(H4,47,48,50)/t23-,24+,30+,31-,32+,33+,34+,35+/m1/s1. The number of rotatable bonds is 12. The Labute approximate surface area is 415 Å². The molecule has 71 heavy (non-hydrogen) atoms. The second-order valence-electron chi connectivity index (χ2n) is 16.9. The Morgan fingerprint density at radius 2 is 1.30 bits per heavy atom. The fourth-order valence-corrected chi connectivity index (χ4v) is 10.1. The zero-order valence-corrected chi connectivity index (χ0v) is 40.4. The number of H-pyrrole nitrogens is 2. The molecule has 2 fully saturated rings. The number of carbonyl (C=O) groups excluding carboxylic acids is 9. The van der Waals surface area contributed by atoms with Crippen molar-refractivity contribution in [2.45, 2.75) is 94.3 Å². The molecule has 2 aliphatic heterocycles. The molecule has 0 bridgehead atoms. The van der Waals surface area contributed by atoms with Crippen molar-refractivity contribution in [1.29, 1.82) is 0 Å². The molecule has 2 aliphatic rings. The van der Waals surface area contributed by atoms with Gasteiger partial charge in [-0.1, -0.05) is 70.1 Å². The summed E-state index contributed by atoms with van der Waals surface area (Å²) in [6.07, 6.45) is 4.27. The lowest BCUT2D eigenvalue weighted by molar-refractivity contribution is -0.137. The van der Waals surface area contributed by atoms with Gasteiger partial charge in [-0.05, 0) is 43.9 Å². The number of benzene rings is 2. The van der Waals surface area contributed by atoms with Crippen LogP contribution in [0.15, 0.2) is 78.3 Å². The third-order valence-corrected chi connectivity index (χ3v) is 14.0. The number of hydrogen-bond donors (Lipinski definition) is 12. The molecule has 0 radical (unpaired) electrons. The highest BCUT2D eigenvalue weighted by Crippen LogP contribution is 2.27. The van der Waals surface area contributed by atoms with Crippen molar-refractivity contribution in [2.75, 3.05) is 18.1 Å². The van der Waals surface area contributed by atoms with E-state index < -0.39 is 102 Å². The van der Waals surface area contributed by atoms with Gasteiger partial charge >= 0.3 is 6.03 Å². The van der Waals surface area contributed by atoms with Gasteiger partial charge in [0.15, 0.2) is 5.96 Å². The van der Waals surface area contributed by atoms with Crippen molar-refractivity contribution < 1.29 is 43.2 Å². The number of nitrogens with one attached hydrogen (secondary N) is 9. The minimum atomic E-state index is -1.48. The fourth-order valence-electron chi connectivity index (χ4n) is 7.76. The van der Waals surface area contributed by atoms with E-state index in [4.69, 9.17) is 17.2 Å². The highest BCUT2D eigenvalue weighted by Gasteiger charge is 2.44. The van der Waals surface area contributed by atoms with E-state index in [1.165, 1.54) is 26.4 Å². The topological polar surface area (TPSA) is 376 Å². The molecular formula is C45H57N15O9S2. The van der Waals surface area contributed by atoms with Gasteiger partial charge in [0.1, 0.15) is 48.3 Å². The van der Waals surface area contributed by atoms with Gasteiger partial charge < -0.3 is 64.4 Å². The number of hydrogen-bond acceptors (Lipinski definition) is 13. The molecule has 4 aromatic rings. The summed E-state index contributed by atoms with van der Waals surface area (Å²) in [5, 5.41) is 19.3. The van der Waals surface area contributed by atoms with E-state index >= 15 is 0 Å². The predicted octanol–water partition coefficient (Wildman–Crippen LogP) is -1.91. The Morgan fingerprint density at radius 3 is 1.96 bits per heavy atom. The number of primary amides is 1. The van der Waals surface area contributed by atoms with E-state index in [0.717, 1.165) is 37.4 Å². The smallest absolute Gasteiger partial charge is 0.325 e. The van der Waals surface area contributed by atoms with E-state index in [1.54, 1.807) is 42.6 Å². The first-order valence-electron chi connectivity index (χ1n) is 22.6. The predicted molar refractivity (Wildman–Crippen MR) is 264 cm³/mol. The number of aliphatic imine (C=N–C) groups is 1. The largest absolute Gasteiger partial charge is 0.370 e. The number of aromatic nitrogens is 3. The Kier molecular flexibility index (Phi) is 18.4. The third kappa shape index (κ3) is 14.5. The van der Waals surface area contributed by atoms with Gasteiger partial charge in [0.2, 0.25) is 41.4 Å². The number of carbonyl (C=O) groups is 9. The molecule has 2 aromatic carbocycles. The molecule has 10 amide bonds. The molecule has 378 valence electrons. The van der Waals surface area contributed by atoms with Crippen LogP contribution in [0.2, 0.25) is 0 Å². The third-order valence-electron chi connectivity index (χ3n) is 11.6. The zero-order valence-electron chi connectivity index (χ0n) is 38.8. The maximum atomic E-state index is 14.6. The van der Waals surface area contributed by atoms with Crippen LogP contribution < -0.4 is 54.4 Å². The molecule has 8 atom stereocenters. The van der Waals surface area contributed by atoms with Crippen molar-refractivity contribution in [3.63, 3.8) is 0 Å². The SMILES string of the molecule is C[C@@H]1NC(=O)N([C@H]2CSSC[C@@H](C(N)=O)NC(=O)[C@H](Cc3c[nH]c4ccccc34)NC(=O)[C@H](CCCN=C(N)N)NC(=O)[C@@H](Cc3ccccc3)NC(=O)[C@H](Cc3cnc[nH]3)NC(=O)[C@@H](C)NC2=O)C1=O. The van der Waals surface area contributed by atoms with Crippen molar-refractivity contribution in [2.24, 2.45) is 22.2 Å². The van der Waals surface area contributed by atoms with E-state index in [-0.39, 0.29) is 56.1 Å². The first kappa shape index (κ1) is 52.8. The van der Waals surface area contributed by atoms with Crippen LogP contribution in [-0.4, -0.2) is 145 Å². The molecule has 4 heterocycles. The average Bonchev–Trinajstić information content (AvgIpc) is 4.07. The van der Waals surface area contributed by atoms with Gasteiger partial charge in [-0.3, -0.25) is 43.3 Å². The second-order valence-corrected chi connectivity index (χ2v) is 19.4. The number of nitrogens with two attached hydrogens (primary N) is 3. The molecule has 26 heteroatoms. The van der Waals surface area contributed by atoms with E-state index in [2.05, 4.69) is 57.2 Å². The molecule has 0 spiro atoms. The fraction of sp³-hybridized carbons (Fsp3) is 0.400. The summed E-state index contributed by atoms with van der Waals surface area (Å²) in [6, 6.07) is 4.51. The van der Waals surface area contributed by atoms with Gasteiger partial charge in [0.25, 0.3) is 5.91 Å². The lowest BCUT2D eigenvalue weighted by Gasteiger charge is -2.27. The molecule has 2 aromatic heterocycles. The molecule has 15 N–H and O–H groups in total. The molecule has 24 nitrogen and oxygen atoms in total. The number of aromatic amines is 2. The summed E-state index contributed by atoms with van der Waals surface area (Å²) >= 11 is 0. The van der Waals surface area contributed by atoms with Gasteiger partial charge in [-0.2, -0.15) is 0 Å². The van der Waals surface area contributed by atoms with Crippen LogP contribution in [0.25, 0.3) is 10.9 Å². The molecular weight excluding hydrogens is 959 g/mol. The highest BCUT2D eigenvalue weighted by atomic mass is 33.1. The lowest BCUT2D eigenvalue weighted by Crippen LogP contribution is -2.60. The van der Waals surface area contributed by atoms with Gasteiger partial charge in [-0.15, -0.1) is 0 Å². The number of urea groups is 1. The second kappa shape index (κ2) is 24.8. The van der Waals surface area contributed by atoms with E-state index in [9.17, 15) is 43.2 Å². The van der Waals surface area contributed by atoms with Crippen LogP contribution in [0.5, 0.6) is 0 Å². The monoisotopic (exact) mass is 1020 g/mol.